The number of nitrogens with zero attached hydrogens (tertiary/aromatic N) is 3. The molecule has 0 amide bonds. The average molecular weight is 329 g/mol. The van der Waals surface area contributed by atoms with Gasteiger partial charge in [0.05, 0.1) is 20.3 Å². The highest BCUT2D eigenvalue weighted by atomic mass is 35.5. The average Bonchev–Trinajstić information content (AvgIpc) is 2.46. The van der Waals surface area contributed by atoms with Crippen LogP contribution in [0.15, 0.2) is 18.2 Å². The Kier molecular flexibility index (Phi) is 5.03. The summed E-state index contributed by atoms with van der Waals surface area (Å²) in [4.78, 5) is 12.1. The van der Waals surface area contributed by atoms with Crippen LogP contribution in [0.3, 0.4) is 0 Å². The molecule has 2 aromatic rings. The summed E-state index contributed by atoms with van der Waals surface area (Å²) in [7, 11) is 2.94. The molecule has 112 valence electrons. The van der Waals surface area contributed by atoms with Crippen molar-refractivity contribution in [1.82, 2.24) is 15.0 Å². The molecule has 0 aliphatic carbocycles. The van der Waals surface area contributed by atoms with E-state index in [4.69, 9.17) is 32.7 Å². The predicted octanol–water partition coefficient (Wildman–Crippen LogP) is 3.37. The number of hydrogen-bond acceptors (Lipinski definition) is 6. The third-order valence-electron chi connectivity index (χ3n) is 2.73. The molecule has 21 heavy (non-hydrogen) atoms. The molecule has 0 fully saturated rings. The minimum Gasteiger partial charge on any atom is -0.467 e. The van der Waals surface area contributed by atoms with Crippen LogP contribution in [0.5, 0.6) is 12.0 Å². The van der Waals surface area contributed by atoms with E-state index in [0.29, 0.717) is 16.0 Å². The number of benzene rings is 1. The van der Waals surface area contributed by atoms with E-state index in [1.54, 1.807) is 12.1 Å². The number of nitrogens with one attached hydrogen (secondary N) is 1. The lowest BCUT2D eigenvalue weighted by Crippen LogP contribution is -2.11. The number of anilines is 1. The summed E-state index contributed by atoms with van der Waals surface area (Å²) in [6, 6.07) is 5.50. The SMILES string of the molecule is COc1nc(NC(C)c2ccc(Cl)cc2Cl)nc(OC)n1. The second-order valence-electron chi connectivity index (χ2n) is 4.16. The van der Waals surface area contributed by atoms with Crippen LogP contribution in [0, 0.1) is 0 Å². The topological polar surface area (TPSA) is 69.2 Å². The molecule has 0 radical (unpaired) electrons. The largest absolute Gasteiger partial charge is 0.467 e. The molecule has 8 heteroatoms. The zero-order valence-electron chi connectivity index (χ0n) is 11.7. The molecule has 0 spiro atoms. The van der Waals surface area contributed by atoms with E-state index in [1.807, 2.05) is 13.0 Å². The smallest absolute Gasteiger partial charge is 0.324 e. The Balaban J connectivity index is 2.24. The first-order valence-electron chi connectivity index (χ1n) is 6.09. The number of rotatable bonds is 5. The van der Waals surface area contributed by atoms with E-state index in [1.165, 1.54) is 14.2 Å². The van der Waals surface area contributed by atoms with Gasteiger partial charge in [-0.1, -0.05) is 29.3 Å². The Bertz CT molecular complexity index is 617. The summed E-state index contributed by atoms with van der Waals surface area (Å²) in [6.45, 7) is 1.93. The molecule has 0 saturated heterocycles. The summed E-state index contributed by atoms with van der Waals surface area (Å²) in [5, 5.41) is 4.27. The van der Waals surface area contributed by atoms with Crippen molar-refractivity contribution in [2.24, 2.45) is 0 Å². The Hall–Kier alpha value is -1.79. The second-order valence-corrected chi connectivity index (χ2v) is 5.01. The van der Waals surface area contributed by atoms with Crippen LogP contribution in [-0.4, -0.2) is 29.2 Å². The molecule has 0 aliphatic rings. The van der Waals surface area contributed by atoms with Gasteiger partial charge in [0.2, 0.25) is 5.95 Å². The third-order valence-corrected chi connectivity index (χ3v) is 3.30. The molecule has 1 heterocycles. The van der Waals surface area contributed by atoms with Crippen LogP contribution in [0.2, 0.25) is 10.0 Å². The van der Waals surface area contributed by atoms with Crippen LogP contribution in [0.1, 0.15) is 18.5 Å². The molecule has 0 saturated carbocycles. The van der Waals surface area contributed by atoms with Crippen molar-refractivity contribution in [3.8, 4) is 12.0 Å². The van der Waals surface area contributed by atoms with Crippen LogP contribution < -0.4 is 14.8 Å². The molecular weight excluding hydrogens is 315 g/mol. The van der Waals surface area contributed by atoms with E-state index in [0.717, 1.165) is 5.56 Å². The van der Waals surface area contributed by atoms with Crippen LogP contribution in [0.4, 0.5) is 5.95 Å². The van der Waals surface area contributed by atoms with E-state index >= 15 is 0 Å². The quantitative estimate of drug-likeness (QED) is 0.907. The maximum Gasteiger partial charge on any atom is 0.324 e. The number of methoxy groups -OCH3 is 2. The van der Waals surface area contributed by atoms with Gasteiger partial charge in [0, 0.05) is 10.0 Å². The first-order valence-corrected chi connectivity index (χ1v) is 6.84. The molecule has 1 atom stereocenters. The summed E-state index contributed by atoms with van der Waals surface area (Å²) < 4.78 is 10.00. The fourth-order valence-electron chi connectivity index (χ4n) is 1.71. The molecule has 0 bridgehead atoms. The Morgan fingerprint density at radius 3 is 2.19 bits per heavy atom. The highest BCUT2D eigenvalue weighted by Crippen LogP contribution is 2.28. The molecule has 6 nitrogen and oxygen atoms in total. The Morgan fingerprint density at radius 2 is 1.67 bits per heavy atom. The van der Waals surface area contributed by atoms with E-state index in [9.17, 15) is 0 Å². The van der Waals surface area contributed by atoms with E-state index in [2.05, 4.69) is 20.3 Å². The molecule has 1 unspecified atom stereocenters. The van der Waals surface area contributed by atoms with Crippen molar-refractivity contribution in [3.05, 3.63) is 33.8 Å². The highest BCUT2D eigenvalue weighted by molar-refractivity contribution is 6.35. The summed E-state index contributed by atoms with van der Waals surface area (Å²) in [5.41, 5.74) is 0.874. The molecule has 0 aliphatic heterocycles. The number of aromatic nitrogens is 3. The number of ether oxygens (including phenoxy) is 2. The van der Waals surface area contributed by atoms with Gasteiger partial charge in [0.25, 0.3) is 0 Å². The predicted molar refractivity (Wildman–Crippen MR) is 81.4 cm³/mol. The minimum absolute atomic E-state index is 0.133. The van der Waals surface area contributed by atoms with Crippen LogP contribution in [0.25, 0.3) is 0 Å². The Morgan fingerprint density at radius 1 is 1.05 bits per heavy atom. The van der Waals surface area contributed by atoms with Gasteiger partial charge in [-0.05, 0) is 24.6 Å². The minimum atomic E-state index is -0.133. The van der Waals surface area contributed by atoms with E-state index in [-0.39, 0.29) is 18.1 Å². The summed E-state index contributed by atoms with van der Waals surface area (Å²) in [6.07, 6.45) is 0. The molecule has 1 aromatic carbocycles. The van der Waals surface area contributed by atoms with Crippen molar-refractivity contribution in [2.75, 3.05) is 19.5 Å². The lowest BCUT2D eigenvalue weighted by atomic mass is 10.1. The van der Waals surface area contributed by atoms with Gasteiger partial charge in [0.1, 0.15) is 0 Å². The molecule has 1 N–H and O–H groups in total. The van der Waals surface area contributed by atoms with Crippen LogP contribution >= 0.6 is 23.2 Å². The Labute approximate surface area is 132 Å². The first kappa shape index (κ1) is 15.6. The van der Waals surface area contributed by atoms with Crippen molar-refractivity contribution in [1.29, 1.82) is 0 Å². The van der Waals surface area contributed by atoms with Crippen molar-refractivity contribution < 1.29 is 9.47 Å². The van der Waals surface area contributed by atoms with Gasteiger partial charge in [-0.25, -0.2) is 0 Å². The second kappa shape index (κ2) is 6.78. The highest BCUT2D eigenvalue weighted by Gasteiger charge is 2.13. The molecule has 1 aromatic heterocycles. The van der Waals surface area contributed by atoms with Gasteiger partial charge in [-0.15, -0.1) is 4.98 Å². The first-order chi connectivity index (χ1) is 10.0. The monoisotopic (exact) mass is 328 g/mol. The van der Waals surface area contributed by atoms with Gasteiger partial charge in [-0.2, -0.15) is 9.97 Å². The van der Waals surface area contributed by atoms with Crippen LogP contribution in [-0.2, 0) is 0 Å². The van der Waals surface area contributed by atoms with Gasteiger partial charge in [0.15, 0.2) is 0 Å². The van der Waals surface area contributed by atoms with E-state index < -0.39 is 0 Å². The fraction of sp³-hybridized carbons (Fsp3) is 0.308. The summed E-state index contributed by atoms with van der Waals surface area (Å²) >= 11 is 12.1. The normalized spacial score (nSPS) is 11.9. The van der Waals surface area contributed by atoms with Crippen molar-refractivity contribution in [3.63, 3.8) is 0 Å². The van der Waals surface area contributed by atoms with Gasteiger partial charge < -0.3 is 14.8 Å². The molecule has 2 rings (SSSR count). The van der Waals surface area contributed by atoms with Crippen molar-refractivity contribution in [2.45, 2.75) is 13.0 Å². The lowest BCUT2D eigenvalue weighted by molar-refractivity contribution is 0.341. The maximum absolute atomic E-state index is 6.18. The molecular formula is C13H14Cl2N4O2. The number of halogens is 2. The van der Waals surface area contributed by atoms with Gasteiger partial charge in [-0.3, -0.25) is 0 Å². The fourth-order valence-corrected chi connectivity index (χ4v) is 2.28. The van der Waals surface area contributed by atoms with Crippen molar-refractivity contribution >= 4 is 29.2 Å². The zero-order chi connectivity index (χ0) is 15.4. The lowest BCUT2D eigenvalue weighted by Gasteiger charge is -2.16. The maximum atomic E-state index is 6.18. The standard InChI is InChI=1S/C13H14Cl2N4O2/c1-7(9-5-4-8(14)6-10(9)15)16-11-17-12(20-2)19-13(18-11)21-3/h4-7H,1-3H3,(H,16,17,18,19). The zero-order valence-corrected chi connectivity index (χ0v) is 13.2. The van der Waals surface area contributed by atoms with Gasteiger partial charge >= 0.3 is 12.0 Å². The third kappa shape index (κ3) is 3.86. The summed E-state index contributed by atoms with van der Waals surface area (Å²) in [5.74, 6) is 0.331. The number of hydrogen-bond donors (Lipinski definition) is 1.